The van der Waals surface area contributed by atoms with E-state index in [0.717, 1.165) is 29.1 Å². The summed E-state index contributed by atoms with van der Waals surface area (Å²) in [6, 6.07) is 8.01. The van der Waals surface area contributed by atoms with E-state index in [0.29, 0.717) is 0 Å². The van der Waals surface area contributed by atoms with Gasteiger partial charge in [0.2, 0.25) is 0 Å². The number of nitrogens with two attached hydrogens (primary N) is 1. The highest BCUT2D eigenvalue weighted by molar-refractivity contribution is 5.44. The molecule has 0 bridgehead atoms. The number of hydrogen-bond acceptors (Lipinski definition) is 3. The zero-order valence-corrected chi connectivity index (χ0v) is 11.6. The molecule has 0 amide bonds. The van der Waals surface area contributed by atoms with Crippen LogP contribution in [-0.2, 0) is 6.42 Å². The van der Waals surface area contributed by atoms with Crippen molar-refractivity contribution < 1.29 is 9.15 Å². The molecule has 2 heterocycles. The molecule has 1 aliphatic rings. The summed E-state index contributed by atoms with van der Waals surface area (Å²) >= 11 is 0. The summed E-state index contributed by atoms with van der Waals surface area (Å²) in [4.78, 5) is 0. The molecule has 0 fully saturated rings. The van der Waals surface area contributed by atoms with Crippen molar-refractivity contribution in [3.63, 3.8) is 0 Å². The van der Waals surface area contributed by atoms with Crippen LogP contribution in [0.1, 0.15) is 42.3 Å². The van der Waals surface area contributed by atoms with E-state index in [4.69, 9.17) is 14.9 Å². The lowest BCUT2D eigenvalue weighted by atomic mass is 9.95. The zero-order chi connectivity index (χ0) is 13.6. The van der Waals surface area contributed by atoms with Crippen molar-refractivity contribution in [3.8, 4) is 5.75 Å². The van der Waals surface area contributed by atoms with Gasteiger partial charge in [0.25, 0.3) is 0 Å². The Hall–Kier alpha value is -1.74. The average Bonchev–Trinajstić information content (AvgIpc) is 2.88. The average molecular weight is 257 g/mol. The molecule has 1 aromatic carbocycles. The van der Waals surface area contributed by atoms with Crippen molar-refractivity contribution in [1.29, 1.82) is 0 Å². The number of furan rings is 1. The van der Waals surface area contributed by atoms with E-state index in [-0.39, 0.29) is 11.6 Å². The van der Waals surface area contributed by atoms with Gasteiger partial charge in [-0.15, -0.1) is 0 Å². The molecular weight excluding hydrogens is 238 g/mol. The van der Waals surface area contributed by atoms with Crippen LogP contribution in [0.4, 0.5) is 0 Å². The van der Waals surface area contributed by atoms with Gasteiger partial charge in [-0.2, -0.15) is 0 Å². The Morgan fingerprint density at radius 2 is 2.05 bits per heavy atom. The first-order chi connectivity index (χ1) is 8.96. The topological polar surface area (TPSA) is 48.4 Å². The van der Waals surface area contributed by atoms with Gasteiger partial charge in [-0.05, 0) is 44.0 Å². The number of benzene rings is 1. The van der Waals surface area contributed by atoms with Crippen LogP contribution < -0.4 is 10.5 Å². The van der Waals surface area contributed by atoms with Crippen LogP contribution in [0.15, 0.2) is 34.9 Å². The molecular formula is C16H19NO2. The molecule has 19 heavy (non-hydrogen) atoms. The van der Waals surface area contributed by atoms with Crippen molar-refractivity contribution in [2.45, 2.75) is 38.8 Å². The minimum atomic E-state index is -0.146. The summed E-state index contributed by atoms with van der Waals surface area (Å²) in [6.45, 7) is 6.15. The fourth-order valence-electron chi connectivity index (χ4n) is 2.72. The van der Waals surface area contributed by atoms with Gasteiger partial charge in [0.15, 0.2) is 0 Å². The van der Waals surface area contributed by atoms with Gasteiger partial charge in [0, 0.05) is 12.0 Å². The number of ether oxygens (including phenoxy) is 1. The second kappa shape index (κ2) is 4.14. The fraction of sp³-hybridized carbons (Fsp3) is 0.375. The summed E-state index contributed by atoms with van der Waals surface area (Å²) in [5.41, 5.74) is 9.58. The maximum Gasteiger partial charge on any atom is 0.123 e. The molecule has 3 nitrogen and oxygen atoms in total. The summed E-state index contributed by atoms with van der Waals surface area (Å²) in [7, 11) is 0. The van der Waals surface area contributed by atoms with Gasteiger partial charge in [-0.1, -0.05) is 12.1 Å². The number of aryl methyl sites for hydroxylation is 1. The number of hydrogen-bond donors (Lipinski definition) is 1. The van der Waals surface area contributed by atoms with E-state index in [1.165, 1.54) is 5.56 Å². The molecule has 2 aromatic rings. The first kappa shape index (κ1) is 12.3. The molecule has 1 unspecified atom stereocenters. The van der Waals surface area contributed by atoms with Gasteiger partial charge < -0.3 is 14.9 Å². The van der Waals surface area contributed by atoms with E-state index < -0.39 is 0 Å². The Bertz CT molecular complexity index is 613. The van der Waals surface area contributed by atoms with Crippen molar-refractivity contribution in [2.75, 3.05) is 0 Å². The maximum atomic E-state index is 6.32. The number of fused-ring (bicyclic) bond motifs is 1. The monoisotopic (exact) mass is 257 g/mol. The first-order valence-electron chi connectivity index (χ1n) is 6.58. The van der Waals surface area contributed by atoms with Crippen LogP contribution in [0.5, 0.6) is 5.75 Å². The minimum absolute atomic E-state index is 0.114. The normalized spacial score (nSPS) is 17.9. The Labute approximate surface area is 113 Å². The molecule has 1 aromatic heterocycles. The molecule has 0 saturated carbocycles. The van der Waals surface area contributed by atoms with E-state index >= 15 is 0 Å². The summed E-state index contributed by atoms with van der Waals surface area (Å²) < 4.78 is 11.2. The highest BCUT2D eigenvalue weighted by Crippen LogP contribution is 2.37. The third-order valence-electron chi connectivity index (χ3n) is 3.68. The molecule has 100 valence electrons. The Kier molecular flexibility index (Phi) is 2.68. The Morgan fingerprint density at radius 1 is 1.26 bits per heavy atom. The van der Waals surface area contributed by atoms with Crippen molar-refractivity contribution >= 4 is 0 Å². The lowest BCUT2D eigenvalue weighted by Crippen LogP contribution is -2.24. The zero-order valence-electron chi connectivity index (χ0n) is 11.6. The van der Waals surface area contributed by atoms with Crippen LogP contribution in [0.3, 0.4) is 0 Å². The van der Waals surface area contributed by atoms with Gasteiger partial charge in [-0.25, -0.2) is 0 Å². The standard InChI is InChI=1S/C16H19NO2/c1-10-13(6-7-18-10)15(17)11-4-5-14-12(8-11)9-16(2,3)19-14/h4-8,15H,9,17H2,1-3H3. The Morgan fingerprint density at radius 3 is 2.74 bits per heavy atom. The minimum Gasteiger partial charge on any atom is -0.487 e. The number of rotatable bonds is 2. The molecule has 2 N–H and O–H groups in total. The van der Waals surface area contributed by atoms with Crippen LogP contribution in [-0.4, -0.2) is 5.60 Å². The van der Waals surface area contributed by atoms with Crippen molar-refractivity contribution in [2.24, 2.45) is 5.73 Å². The molecule has 1 aliphatic heterocycles. The van der Waals surface area contributed by atoms with Gasteiger partial charge in [0.1, 0.15) is 17.1 Å². The lowest BCUT2D eigenvalue weighted by molar-refractivity contribution is 0.138. The van der Waals surface area contributed by atoms with Crippen molar-refractivity contribution in [1.82, 2.24) is 0 Å². The highest BCUT2D eigenvalue weighted by atomic mass is 16.5. The molecule has 0 spiro atoms. The molecule has 0 aliphatic carbocycles. The van der Waals surface area contributed by atoms with Gasteiger partial charge in [0.05, 0.1) is 12.3 Å². The Balaban J connectivity index is 1.94. The fourth-order valence-corrected chi connectivity index (χ4v) is 2.72. The van der Waals surface area contributed by atoms with Gasteiger partial charge in [-0.3, -0.25) is 0 Å². The highest BCUT2D eigenvalue weighted by Gasteiger charge is 2.30. The lowest BCUT2D eigenvalue weighted by Gasteiger charge is -2.16. The maximum absolute atomic E-state index is 6.32. The van der Waals surface area contributed by atoms with Gasteiger partial charge >= 0.3 is 0 Å². The van der Waals surface area contributed by atoms with Crippen molar-refractivity contribution in [3.05, 3.63) is 53.0 Å². The summed E-state index contributed by atoms with van der Waals surface area (Å²) in [5, 5.41) is 0. The molecule has 3 rings (SSSR count). The molecule has 0 radical (unpaired) electrons. The first-order valence-corrected chi connectivity index (χ1v) is 6.58. The SMILES string of the molecule is Cc1occc1C(N)c1ccc2c(c1)CC(C)(C)O2. The van der Waals surface area contributed by atoms with Crippen LogP contribution in [0.2, 0.25) is 0 Å². The van der Waals surface area contributed by atoms with E-state index in [1.807, 2.05) is 25.1 Å². The van der Waals surface area contributed by atoms with E-state index in [9.17, 15) is 0 Å². The van der Waals surface area contributed by atoms with E-state index in [2.05, 4.69) is 19.9 Å². The van der Waals surface area contributed by atoms with E-state index in [1.54, 1.807) is 6.26 Å². The van der Waals surface area contributed by atoms with Crippen LogP contribution in [0.25, 0.3) is 0 Å². The van der Waals surface area contributed by atoms with Crippen LogP contribution >= 0.6 is 0 Å². The molecule has 1 atom stereocenters. The smallest absolute Gasteiger partial charge is 0.123 e. The second-order valence-corrected chi connectivity index (χ2v) is 5.82. The quantitative estimate of drug-likeness (QED) is 0.897. The molecule has 0 saturated heterocycles. The third-order valence-corrected chi connectivity index (χ3v) is 3.68. The largest absolute Gasteiger partial charge is 0.487 e. The second-order valence-electron chi connectivity index (χ2n) is 5.82. The summed E-state index contributed by atoms with van der Waals surface area (Å²) in [6.07, 6.45) is 2.61. The van der Waals surface area contributed by atoms with Crippen LogP contribution in [0, 0.1) is 6.92 Å². The predicted molar refractivity (Wildman–Crippen MR) is 74.3 cm³/mol. The summed E-state index contributed by atoms with van der Waals surface area (Å²) in [5.74, 6) is 1.86. The molecule has 3 heteroatoms. The third kappa shape index (κ3) is 2.15. The predicted octanol–water partition coefficient (Wildman–Crippen LogP) is 3.35.